The minimum Gasteiger partial charge on any atom is -0.340 e. The third kappa shape index (κ3) is 2.51. The number of rotatable bonds is 4. The highest BCUT2D eigenvalue weighted by molar-refractivity contribution is 5.59. The van der Waals surface area contributed by atoms with Gasteiger partial charge in [0.15, 0.2) is 0 Å². The smallest absolute Gasteiger partial charge is 0.132 e. The maximum absolute atomic E-state index is 13.7. The highest BCUT2D eigenvalue weighted by Crippen LogP contribution is 2.27. The molecule has 0 saturated carbocycles. The van der Waals surface area contributed by atoms with Crippen LogP contribution in [0.25, 0.3) is 11.3 Å². The summed E-state index contributed by atoms with van der Waals surface area (Å²) in [6.45, 7) is 3.93. The first-order valence-electron chi connectivity index (χ1n) is 6.30. The molecule has 1 aromatic carbocycles. The number of nitrogens with two attached hydrogens (primary N) is 1. The van der Waals surface area contributed by atoms with Crippen molar-refractivity contribution in [2.24, 2.45) is 5.73 Å². The number of H-pyrrole nitrogens is 1. The van der Waals surface area contributed by atoms with E-state index < -0.39 is 17.2 Å². The van der Waals surface area contributed by atoms with Gasteiger partial charge in [-0.05, 0) is 31.0 Å². The van der Waals surface area contributed by atoms with Gasteiger partial charge in [0.2, 0.25) is 0 Å². The normalized spacial score (nSPS) is 11.8. The highest BCUT2D eigenvalue weighted by Gasteiger charge is 2.26. The van der Waals surface area contributed by atoms with Crippen LogP contribution in [0.5, 0.6) is 0 Å². The van der Waals surface area contributed by atoms with E-state index in [4.69, 9.17) is 5.73 Å². The monoisotopic (exact) mass is 265 g/mol. The zero-order chi connectivity index (χ0) is 14.0. The van der Waals surface area contributed by atoms with Crippen LogP contribution in [-0.2, 0) is 5.54 Å². The lowest BCUT2D eigenvalue weighted by Crippen LogP contribution is -2.36. The highest BCUT2D eigenvalue weighted by atomic mass is 19.1. The molecule has 19 heavy (non-hydrogen) atoms. The Kier molecular flexibility index (Phi) is 3.66. The molecule has 0 bridgehead atoms. The number of aromatic amines is 1. The summed E-state index contributed by atoms with van der Waals surface area (Å²) in [5, 5.41) is 0. The Hall–Kier alpha value is -1.75. The van der Waals surface area contributed by atoms with Gasteiger partial charge in [-0.3, -0.25) is 0 Å². The Morgan fingerprint density at radius 2 is 1.95 bits per heavy atom. The molecule has 0 radical (unpaired) electrons. The van der Waals surface area contributed by atoms with Gasteiger partial charge in [0.05, 0.1) is 17.4 Å². The SMILES string of the molecule is CCC(N)(CC)c1ncc(-c2cc(F)ccc2F)[nH]1. The molecule has 2 rings (SSSR count). The van der Waals surface area contributed by atoms with E-state index in [1.54, 1.807) is 0 Å². The quantitative estimate of drug-likeness (QED) is 0.891. The van der Waals surface area contributed by atoms with Crippen molar-refractivity contribution in [1.29, 1.82) is 0 Å². The summed E-state index contributed by atoms with van der Waals surface area (Å²) in [6.07, 6.45) is 2.91. The zero-order valence-electron chi connectivity index (χ0n) is 11.0. The third-order valence-corrected chi connectivity index (χ3v) is 3.53. The second-order valence-corrected chi connectivity index (χ2v) is 4.63. The van der Waals surface area contributed by atoms with E-state index >= 15 is 0 Å². The second-order valence-electron chi connectivity index (χ2n) is 4.63. The molecule has 2 aromatic rings. The van der Waals surface area contributed by atoms with Gasteiger partial charge in [-0.1, -0.05) is 13.8 Å². The molecule has 3 N–H and O–H groups in total. The van der Waals surface area contributed by atoms with Gasteiger partial charge >= 0.3 is 0 Å². The van der Waals surface area contributed by atoms with Crippen molar-refractivity contribution in [2.45, 2.75) is 32.2 Å². The van der Waals surface area contributed by atoms with Crippen LogP contribution in [0.3, 0.4) is 0 Å². The van der Waals surface area contributed by atoms with Crippen molar-refractivity contribution in [1.82, 2.24) is 9.97 Å². The molecule has 1 aromatic heterocycles. The summed E-state index contributed by atoms with van der Waals surface area (Å²) in [4.78, 5) is 7.20. The second kappa shape index (κ2) is 5.09. The van der Waals surface area contributed by atoms with E-state index in [2.05, 4.69) is 9.97 Å². The molecule has 0 fully saturated rings. The first-order chi connectivity index (χ1) is 9.00. The summed E-state index contributed by atoms with van der Waals surface area (Å²) in [6, 6.07) is 3.32. The fourth-order valence-electron chi connectivity index (χ4n) is 2.00. The lowest BCUT2D eigenvalue weighted by atomic mass is 9.93. The summed E-state index contributed by atoms with van der Waals surface area (Å²) < 4.78 is 26.9. The van der Waals surface area contributed by atoms with Gasteiger partial charge in [0.1, 0.15) is 17.5 Å². The molecule has 0 unspecified atom stereocenters. The Bertz CT molecular complexity index is 574. The van der Waals surface area contributed by atoms with Gasteiger partial charge in [-0.2, -0.15) is 0 Å². The third-order valence-electron chi connectivity index (χ3n) is 3.53. The Morgan fingerprint density at radius 1 is 1.26 bits per heavy atom. The fraction of sp³-hybridized carbons (Fsp3) is 0.357. The molecule has 1 heterocycles. The van der Waals surface area contributed by atoms with E-state index in [-0.39, 0.29) is 5.56 Å². The summed E-state index contributed by atoms with van der Waals surface area (Å²) in [5.74, 6) is -0.388. The van der Waals surface area contributed by atoms with E-state index in [0.717, 1.165) is 18.2 Å². The maximum Gasteiger partial charge on any atom is 0.132 e. The standard InChI is InChI=1S/C14H17F2N3/c1-3-14(17,4-2)13-18-8-12(19-13)10-7-9(15)5-6-11(10)16/h5-8H,3-4,17H2,1-2H3,(H,18,19). The van der Waals surface area contributed by atoms with Crippen molar-refractivity contribution in [3.05, 3.63) is 41.9 Å². The zero-order valence-corrected chi connectivity index (χ0v) is 11.0. The Morgan fingerprint density at radius 3 is 2.58 bits per heavy atom. The molecule has 0 aliphatic carbocycles. The average Bonchev–Trinajstić information content (AvgIpc) is 2.90. The minimum absolute atomic E-state index is 0.160. The van der Waals surface area contributed by atoms with Crippen LogP contribution >= 0.6 is 0 Å². The summed E-state index contributed by atoms with van der Waals surface area (Å²) in [5.41, 5.74) is 6.24. The molecule has 3 nitrogen and oxygen atoms in total. The predicted molar refractivity (Wildman–Crippen MR) is 70.4 cm³/mol. The van der Waals surface area contributed by atoms with E-state index in [9.17, 15) is 8.78 Å². The number of hydrogen-bond donors (Lipinski definition) is 2. The number of imidazole rings is 1. The van der Waals surface area contributed by atoms with Gasteiger partial charge in [0, 0.05) is 5.56 Å². The van der Waals surface area contributed by atoms with E-state index in [1.165, 1.54) is 6.20 Å². The van der Waals surface area contributed by atoms with Crippen LogP contribution in [0.4, 0.5) is 8.78 Å². The van der Waals surface area contributed by atoms with Crippen LogP contribution in [0.15, 0.2) is 24.4 Å². The van der Waals surface area contributed by atoms with Crippen molar-refractivity contribution < 1.29 is 8.78 Å². The number of hydrogen-bond acceptors (Lipinski definition) is 2. The van der Waals surface area contributed by atoms with Crippen molar-refractivity contribution in [2.75, 3.05) is 0 Å². The lowest BCUT2D eigenvalue weighted by Gasteiger charge is -2.23. The van der Waals surface area contributed by atoms with Gasteiger partial charge in [-0.15, -0.1) is 0 Å². The van der Waals surface area contributed by atoms with Crippen LogP contribution in [-0.4, -0.2) is 9.97 Å². The van der Waals surface area contributed by atoms with Crippen molar-refractivity contribution in [3.8, 4) is 11.3 Å². The molecule has 0 spiro atoms. The molecule has 0 amide bonds. The summed E-state index contributed by atoms with van der Waals surface area (Å²) >= 11 is 0. The molecule has 0 atom stereocenters. The molecular formula is C14H17F2N3. The number of aromatic nitrogens is 2. The van der Waals surface area contributed by atoms with Crippen molar-refractivity contribution in [3.63, 3.8) is 0 Å². The maximum atomic E-state index is 13.7. The van der Waals surface area contributed by atoms with E-state index in [1.807, 2.05) is 13.8 Å². The average molecular weight is 265 g/mol. The molecular weight excluding hydrogens is 248 g/mol. The Labute approximate surface area is 110 Å². The molecule has 0 aliphatic rings. The summed E-state index contributed by atoms with van der Waals surface area (Å²) in [7, 11) is 0. The van der Waals surface area contributed by atoms with Crippen LogP contribution in [0, 0.1) is 11.6 Å². The molecule has 0 saturated heterocycles. The number of halogens is 2. The molecule has 5 heteroatoms. The predicted octanol–water partition coefficient (Wildman–Crippen LogP) is 3.33. The topological polar surface area (TPSA) is 54.7 Å². The van der Waals surface area contributed by atoms with Crippen LogP contribution < -0.4 is 5.73 Å². The first-order valence-corrected chi connectivity index (χ1v) is 6.30. The fourth-order valence-corrected chi connectivity index (χ4v) is 2.00. The molecule has 0 aliphatic heterocycles. The largest absolute Gasteiger partial charge is 0.340 e. The van der Waals surface area contributed by atoms with E-state index in [0.29, 0.717) is 24.4 Å². The number of nitrogens with one attached hydrogen (secondary N) is 1. The van der Waals surface area contributed by atoms with Crippen LogP contribution in [0.1, 0.15) is 32.5 Å². The lowest BCUT2D eigenvalue weighted by molar-refractivity contribution is 0.391. The minimum atomic E-state index is -0.567. The van der Waals surface area contributed by atoms with Crippen LogP contribution in [0.2, 0.25) is 0 Å². The number of benzene rings is 1. The first kappa shape index (κ1) is 13.7. The molecule has 102 valence electrons. The Balaban J connectivity index is 2.44. The van der Waals surface area contributed by atoms with Gasteiger partial charge < -0.3 is 10.7 Å². The van der Waals surface area contributed by atoms with Gasteiger partial charge in [0.25, 0.3) is 0 Å². The van der Waals surface area contributed by atoms with Crippen molar-refractivity contribution >= 4 is 0 Å². The number of nitrogens with zero attached hydrogens (tertiary/aromatic N) is 1. The van der Waals surface area contributed by atoms with Gasteiger partial charge in [-0.25, -0.2) is 13.8 Å².